The van der Waals surface area contributed by atoms with E-state index in [9.17, 15) is 9.90 Å². The van der Waals surface area contributed by atoms with Gasteiger partial charge in [0.1, 0.15) is 10.8 Å². The number of methoxy groups -OCH3 is 1. The minimum absolute atomic E-state index is 0.472. The van der Waals surface area contributed by atoms with E-state index in [1.165, 1.54) is 11.3 Å². The van der Waals surface area contributed by atoms with E-state index in [0.717, 1.165) is 21.5 Å². The fourth-order valence-corrected chi connectivity index (χ4v) is 3.37. The number of aliphatic carboxylic acids is 1. The van der Waals surface area contributed by atoms with E-state index in [0.29, 0.717) is 19.5 Å². The smallest absolute Gasteiger partial charge is 0.311 e. The summed E-state index contributed by atoms with van der Waals surface area (Å²) < 4.78 is 5.14. The van der Waals surface area contributed by atoms with Crippen LogP contribution in [0.5, 0.6) is 5.75 Å². The first kappa shape index (κ1) is 14.8. The molecular formula is C15H17N3O3S. The summed E-state index contributed by atoms with van der Waals surface area (Å²) in [6, 6.07) is 7.64. The van der Waals surface area contributed by atoms with Crippen LogP contribution in [0, 0.1) is 5.41 Å². The quantitative estimate of drug-likeness (QED) is 0.933. The molecule has 2 heterocycles. The predicted molar refractivity (Wildman–Crippen MR) is 84.5 cm³/mol. The van der Waals surface area contributed by atoms with Gasteiger partial charge in [-0.2, -0.15) is 0 Å². The van der Waals surface area contributed by atoms with Crippen molar-refractivity contribution in [2.75, 3.05) is 25.1 Å². The molecule has 2 aromatic rings. The summed E-state index contributed by atoms with van der Waals surface area (Å²) in [6.45, 7) is 2.94. The lowest BCUT2D eigenvalue weighted by Gasteiger charge is -2.18. The molecule has 1 fully saturated rings. The lowest BCUT2D eigenvalue weighted by Crippen LogP contribution is -2.31. The summed E-state index contributed by atoms with van der Waals surface area (Å²) in [5, 5.41) is 19.3. The van der Waals surface area contributed by atoms with E-state index in [1.807, 2.05) is 29.2 Å². The number of benzene rings is 1. The molecule has 0 saturated carbocycles. The van der Waals surface area contributed by atoms with Crippen molar-refractivity contribution in [2.24, 2.45) is 5.41 Å². The van der Waals surface area contributed by atoms with E-state index in [-0.39, 0.29) is 0 Å². The molecule has 3 rings (SSSR count). The minimum atomic E-state index is -0.755. The van der Waals surface area contributed by atoms with Gasteiger partial charge in [0.2, 0.25) is 5.13 Å². The molecule has 0 spiro atoms. The average Bonchev–Trinajstić information content (AvgIpc) is 3.15. The summed E-state index contributed by atoms with van der Waals surface area (Å²) in [4.78, 5) is 13.3. The van der Waals surface area contributed by atoms with E-state index >= 15 is 0 Å². The Kier molecular flexibility index (Phi) is 3.74. The van der Waals surface area contributed by atoms with Crippen LogP contribution in [0.4, 0.5) is 5.13 Å². The number of ether oxygens (including phenoxy) is 1. The molecule has 1 aromatic heterocycles. The fraction of sp³-hybridized carbons (Fsp3) is 0.400. The molecule has 1 N–H and O–H groups in total. The topological polar surface area (TPSA) is 75.6 Å². The van der Waals surface area contributed by atoms with Crippen LogP contribution in [0.1, 0.15) is 13.3 Å². The second kappa shape index (κ2) is 5.57. The standard InChI is InChI=1S/C15H17N3O3S/c1-15(13(19)20)7-8-18(9-15)14-17-16-12(22-14)10-3-5-11(21-2)6-4-10/h3-6H,7-9H2,1-2H3,(H,19,20). The van der Waals surface area contributed by atoms with Crippen LogP contribution < -0.4 is 9.64 Å². The van der Waals surface area contributed by atoms with Crippen molar-refractivity contribution < 1.29 is 14.6 Å². The first-order valence-corrected chi connectivity index (χ1v) is 7.80. The Hall–Kier alpha value is -2.15. The van der Waals surface area contributed by atoms with Crippen LogP contribution in [0.15, 0.2) is 24.3 Å². The van der Waals surface area contributed by atoms with Gasteiger partial charge in [0.05, 0.1) is 12.5 Å². The van der Waals surface area contributed by atoms with Crippen molar-refractivity contribution in [1.29, 1.82) is 0 Å². The SMILES string of the molecule is COc1ccc(-c2nnc(N3CCC(C)(C(=O)O)C3)s2)cc1. The zero-order valence-electron chi connectivity index (χ0n) is 12.4. The van der Waals surface area contributed by atoms with Crippen LogP contribution in [0.25, 0.3) is 10.6 Å². The molecule has 22 heavy (non-hydrogen) atoms. The van der Waals surface area contributed by atoms with Gasteiger partial charge in [0.25, 0.3) is 0 Å². The van der Waals surface area contributed by atoms with Gasteiger partial charge in [-0.15, -0.1) is 10.2 Å². The lowest BCUT2D eigenvalue weighted by atomic mass is 9.90. The number of rotatable bonds is 4. The van der Waals surface area contributed by atoms with Gasteiger partial charge in [-0.1, -0.05) is 11.3 Å². The molecule has 1 unspecified atom stereocenters. The largest absolute Gasteiger partial charge is 0.497 e. The number of hydrogen-bond donors (Lipinski definition) is 1. The van der Waals surface area contributed by atoms with Crippen molar-refractivity contribution in [2.45, 2.75) is 13.3 Å². The maximum Gasteiger partial charge on any atom is 0.311 e. The monoisotopic (exact) mass is 319 g/mol. The Balaban J connectivity index is 1.78. The molecule has 0 bridgehead atoms. The number of nitrogens with zero attached hydrogens (tertiary/aromatic N) is 3. The van der Waals surface area contributed by atoms with E-state index in [1.54, 1.807) is 14.0 Å². The zero-order valence-corrected chi connectivity index (χ0v) is 13.3. The Bertz CT molecular complexity index is 686. The Morgan fingerprint density at radius 2 is 2.09 bits per heavy atom. The van der Waals surface area contributed by atoms with Gasteiger partial charge in [-0.3, -0.25) is 4.79 Å². The second-order valence-corrected chi connectivity index (χ2v) is 6.61. The van der Waals surface area contributed by atoms with E-state index in [2.05, 4.69) is 10.2 Å². The van der Waals surface area contributed by atoms with Crippen molar-refractivity contribution >= 4 is 22.4 Å². The van der Waals surface area contributed by atoms with Crippen molar-refractivity contribution in [3.05, 3.63) is 24.3 Å². The van der Waals surface area contributed by atoms with Gasteiger partial charge in [-0.25, -0.2) is 0 Å². The lowest BCUT2D eigenvalue weighted by molar-refractivity contribution is -0.146. The van der Waals surface area contributed by atoms with E-state index < -0.39 is 11.4 Å². The molecule has 1 atom stereocenters. The number of carboxylic acids is 1. The number of anilines is 1. The fourth-order valence-electron chi connectivity index (χ4n) is 2.49. The first-order valence-electron chi connectivity index (χ1n) is 6.98. The zero-order chi connectivity index (χ0) is 15.7. The third kappa shape index (κ3) is 2.64. The van der Waals surface area contributed by atoms with Crippen molar-refractivity contribution in [3.8, 4) is 16.3 Å². The number of hydrogen-bond acceptors (Lipinski definition) is 6. The van der Waals surface area contributed by atoms with Gasteiger partial charge in [0.15, 0.2) is 0 Å². The molecule has 1 aliphatic heterocycles. The average molecular weight is 319 g/mol. The highest BCUT2D eigenvalue weighted by molar-refractivity contribution is 7.18. The van der Waals surface area contributed by atoms with Crippen molar-refractivity contribution in [1.82, 2.24) is 10.2 Å². The summed E-state index contributed by atoms with van der Waals surface area (Å²) in [7, 11) is 1.63. The van der Waals surface area contributed by atoms with Crippen LogP contribution in [-0.4, -0.2) is 41.5 Å². The molecule has 1 aliphatic rings. The van der Waals surface area contributed by atoms with Crippen LogP contribution >= 0.6 is 11.3 Å². The summed E-state index contributed by atoms with van der Waals surface area (Å²) in [5.41, 5.74) is 0.274. The normalized spacial score (nSPS) is 21.1. The van der Waals surface area contributed by atoms with E-state index in [4.69, 9.17) is 4.74 Å². The highest BCUT2D eigenvalue weighted by Crippen LogP contribution is 2.36. The predicted octanol–water partition coefficient (Wildman–Crippen LogP) is 2.51. The highest BCUT2D eigenvalue weighted by Gasteiger charge is 2.41. The number of aromatic nitrogens is 2. The van der Waals surface area contributed by atoms with Gasteiger partial charge >= 0.3 is 5.97 Å². The minimum Gasteiger partial charge on any atom is -0.497 e. The van der Waals surface area contributed by atoms with Crippen molar-refractivity contribution in [3.63, 3.8) is 0 Å². The number of carbonyl (C=O) groups is 1. The summed E-state index contributed by atoms with van der Waals surface area (Å²) in [6.07, 6.45) is 0.625. The Labute approximate surface area is 132 Å². The molecule has 1 aromatic carbocycles. The molecule has 0 amide bonds. The molecule has 1 saturated heterocycles. The molecule has 6 nitrogen and oxygen atoms in total. The molecule has 7 heteroatoms. The highest BCUT2D eigenvalue weighted by atomic mass is 32.1. The number of carboxylic acid groups (broad SMARTS) is 1. The maximum atomic E-state index is 11.3. The molecule has 0 radical (unpaired) electrons. The van der Waals surface area contributed by atoms with Gasteiger partial charge < -0.3 is 14.7 Å². The molecule has 116 valence electrons. The third-order valence-corrected chi connectivity index (χ3v) is 5.04. The van der Waals surface area contributed by atoms with Gasteiger partial charge in [-0.05, 0) is 37.6 Å². The Morgan fingerprint density at radius 1 is 1.36 bits per heavy atom. The van der Waals surface area contributed by atoms with Gasteiger partial charge in [0, 0.05) is 18.7 Å². The maximum absolute atomic E-state index is 11.3. The van der Waals surface area contributed by atoms with Crippen LogP contribution in [0.3, 0.4) is 0 Å². The summed E-state index contributed by atoms with van der Waals surface area (Å²) >= 11 is 1.48. The third-order valence-electron chi connectivity index (χ3n) is 4.01. The molecular weight excluding hydrogens is 302 g/mol. The molecule has 0 aliphatic carbocycles. The summed E-state index contributed by atoms with van der Waals surface area (Å²) in [5.74, 6) is 0.0418. The van der Waals surface area contributed by atoms with Crippen LogP contribution in [-0.2, 0) is 4.79 Å². The second-order valence-electron chi connectivity index (χ2n) is 5.66. The Morgan fingerprint density at radius 3 is 2.68 bits per heavy atom. The first-order chi connectivity index (χ1) is 10.5. The van der Waals surface area contributed by atoms with Crippen LogP contribution in [0.2, 0.25) is 0 Å².